The molecule has 0 aliphatic rings. The second kappa shape index (κ2) is 4.67. The van der Waals surface area contributed by atoms with Crippen LogP contribution in [-0.4, -0.2) is 10.8 Å². The van der Waals surface area contributed by atoms with Gasteiger partial charge in [-0.1, -0.05) is 31.2 Å². The summed E-state index contributed by atoms with van der Waals surface area (Å²) < 4.78 is 0. The van der Waals surface area contributed by atoms with E-state index in [1.54, 1.807) is 0 Å². The van der Waals surface area contributed by atoms with E-state index in [-0.39, 0.29) is 5.84 Å². The summed E-state index contributed by atoms with van der Waals surface area (Å²) in [7, 11) is 0. The minimum Gasteiger partial charge on any atom is -0.383 e. The summed E-state index contributed by atoms with van der Waals surface area (Å²) in [5, 5.41) is 8.51. The topological polar surface area (TPSA) is 62.8 Å². The first kappa shape index (κ1) is 11.8. The van der Waals surface area contributed by atoms with E-state index in [1.807, 2.05) is 19.1 Å². The fraction of sp³-hybridized carbons (Fsp3) is 0.231. The van der Waals surface area contributed by atoms with Crippen LogP contribution in [0, 0.1) is 12.3 Å². The molecular formula is C13H15N3S. The Labute approximate surface area is 105 Å². The van der Waals surface area contributed by atoms with E-state index in [4.69, 9.17) is 11.1 Å². The number of aryl methyl sites for hydroxylation is 2. The molecule has 3 nitrogen and oxygen atoms in total. The summed E-state index contributed by atoms with van der Waals surface area (Å²) in [6, 6.07) is 8.13. The summed E-state index contributed by atoms with van der Waals surface area (Å²) in [6.07, 6.45) is 0.803. The highest BCUT2D eigenvalue weighted by atomic mass is 32.1. The number of nitrogens with one attached hydrogen (secondary N) is 1. The van der Waals surface area contributed by atoms with E-state index >= 15 is 0 Å². The average molecular weight is 245 g/mol. The quantitative estimate of drug-likeness (QED) is 0.645. The molecular weight excluding hydrogens is 230 g/mol. The Kier molecular flexibility index (Phi) is 3.24. The first-order valence-electron chi connectivity index (χ1n) is 5.53. The lowest BCUT2D eigenvalue weighted by Gasteiger charge is -1.99. The Morgan fingerprint density at radius 2 is 2.12 bits per heavy atom. The van der Waals surface area contributed by atoms with Crippen molar-refractivity contribution in [1.82, 2.24) is 4.98 Å². The molecule has 3 N–H and O–H groups in total. The van der Waals surface area contributed by atoms with Crippen molar-refractivity contribution in [2.45, 2.75) is 20.3 Å². The van der Waals surface area contributed by atoms with Crippen molar-refractivity contribution in [2.24, 2.45) is 5.73 Å². The Balaban J connectivity index is 2.54. The van der Waals surface area contributed by atoms with Crippen molar-refractivity contribution >= 4 is 17.2 Å². The molecule has 0 saturated heterocycles. The third kappa shape index (κ3) is 2.22. The van der Waals surface area contributed by atoms with Crippen molar-refractivity contribution in [3.63, 3.8) is 0 Å². The maximum Gasteiger partial charge on any atom is 0.135 e. The zero-order valence-electron chi connectivity index (χ0n) is 9.95. The molecule has 2 aromatic rings. The molecule has 0 amide bonds. The van der Waals surface area contributed by atoms with Gasteiger partial charge in [-0.15, -0.1) is 11.3 Å². The fourth-order valence-electron chi connectivity index (χ4n) is 1.73. The third-order valence-electron chi connectivity index (χ3n) is 2.65. The van der Waals surface area contributed by atoms with Gasteiger partial charge in [-0.2, -0.15) is 0 Å². The highest BCUT2D eigenvalue weighted by molar-refractivity contribution is 7.17. The predicted octanol–water partition coefficient (Wildman–Crippen LogP) is 2.96. The van der Waals surface area contributed by atoms with E-state index in [0.29, 0.717) is 0 Å². The van der Waals surface area contributed by atoms with E-state index < -0.39 is 0 Å². The molecule has 0 bridgehead atoms. The van der Waals surface area contributed by atoms with Gasteiger partial charge in [-0.25, -0.2) is 4.98 Å². The van der Waals surface area contributed by atoms with E-state index in [2.05, 4.69) is 24.0 Å². The molecule has 1 aromatic heterocycles. The van der Waals surface area contributed by atoms with Crippen LogP contribution < -0.4 is 5.73 Å². The maximum atomic E-state index is 7.56. The van der Waals surface area contributed by atoms with Crippen LogP contribution in [0.4, 0.5) is 0 Å². The van der Waals surface area contributed by atoms with Crippen molar-refractivity contribution < 1.29 is 0 Å². The Hall–Kier alpha value is -1.68. The molecule has 4 heteroatoms. The summed E-state index contributed by atoms with van der Waals surface area (Å²) in [5.74, 6) is 0.110. The smallest absolute Gasteiger partial charge is 0.135 e. The minimum absolute atomic E-state index is 0.110. The monoisotopic (exact) mass is 245 g/mol. The van der Waals surface area contributed by atoms with Gasteiger partial charge >= 0.3 is 0 Å². The van der Waals surface area contributed by atoms with Crippen LogP contribution in [0.15, 0.2) is 24.3 Å². The first-order chi connectivity index (χ1) is 8.13. The lowest BCUT2D eigenvalue weighted by atomic mass is 10.1. The zero-order chi connectivity index (χ0) is 12.4. The van der Waals surface area contributed by atoms with Gasteiger partial charge in [0.05, 0.1) is 10.6 Å². The Morgan fingerprint density at radius 1 is 1.41 bits per heavy atom. The molecule has 0 aliphatic carbocycles. The Bertz CT molecular complexity index is 558. The fourth-order valence-corrected chi connectivity index (χ4v) is 2.84. The van der Waals surface area contributed by atoms with Crippen LogP contribution in [0.1, 0.15) is 23.1 Å². The highest BCUT2D eigenvalue weighted by Gasteiger charge is 2.14. The number of nitrogens with zero attached hydrogens (tertiary/aromatic N) is 1. The molecule has 0 radical (unpaired) electrons. The average Bonchev–Trinajstić information content (AvgIpc) is 2.73. The van der Waals surface area contributed by atoms with Crippen LogP contribution in [0.3, 0.4) is 0 Å². The molecule has 0 spiro atoms. The molecule has 17 heavy (non-hydrogen) atoms. The number of nitrogen functional groups attached to an aromatic ring is 1. The van der Waals surface area contributed by atoms with Gasteiger partial charge in [0.15, 0.2) is 0 Å². The van der Waals surface area contributed by atoms with Gasteiger partial charge in [0.25, 0.3) is 0 Å². The summed E-state index contributed by atoms with van der Waals surface area (Å²) in [6.45, 7) is 4.10. The van der Waals surface area contributed by atoms with Crippen LogP contribution >= 0.6 is 11.3 Å². The van der Waals surface area contributed by atoms with Crippen molar-refractivity contribution in [3.05, 3.63) is 40.4 Å². The van der Waals surface area contributed by atoms with E-state index in [9.17, 15) is 0 Å². The van der Waals surface area contributed by atoms with Crippen LogP contribution in [0.2, 0.25) is 0 Å². The molecule has 0 fully saturated rings. The number of thiazole rings is 1. The molecule has 0 atom stereocenters. The number of hydrogen-bond acceptors (Lipinski definition) is 3. The predicted molar refractivity (Wildman–Crippen MR) is 72.7 cm³/mol. The van der Waals surface area contributed by atoms with Gasteiger partial charge in [-0.05, 0) is 18.9 Å². The van der Waals surface area contributed by atoms with E-state index in [0.717, 1.165) is 27.6 Å². The van der Waals surface area contributed by atoms with Crippen LogP contribution in [-0.2, 0) is 6.42 Å². The largest absolute Gasteiger partial charge is 0.383 e. The molecule has 2 rings (SSSR count). The van der Waals surface area contributed by atoms with Crippen molar-refractivity contribution in [1.29, 1.82) is 5.41 Å². The third-order valence-corrected chi connectivity index (χ3v) is 3.82. The number of amidine groups is 1. The molecule has 0 saturated carbocycles. The van der Waals surface area contributed by atoms with Gasteiger partial charge in [-0.3, -0.25) is 5.41 Å². The molecule has 0 unspecified atom stereocenters. The number of hydrogen-bond donors (Lipinski definition) is 2. The van der Waals surface area contributed by atoms with Crippen LogP contribution in [0.5, 0.6) is 0 Å². The SMILES string of the molecule is CCc1nc(-c2ccccc2C)sc1C(=N)N. The molecule has 1 heterocycles. The number of nitrogens with two attached hydrogens (primary N) is 1. The van der Waals surface area contributed by atoms with Gasteiger partial charge in [0, 0.05) is 5.56 Å². The summed E-state index contributed by atoms with van der Waals surface area (Å²) in [5.41, 5.74) is 8.81. The summed E-state index contributed by atoms with van der Waals surface area (Å²) >= 11 is 1.50. The molecule has 0 aliphatic heterocycles. The van der Waals surface area contributed by atoms with Gasteiger partial charge < -0.3 is 5.73 Å². The minimum atomic E-state index is 0.110. The molecule has 1 aromatic carbocycles. The lowest BCUT2D eigenvalue weighted by molar-refractivity contribution is 1.06. The van der Waals surface area contributed by atoms with E-state index in [1.165, 1.54) is 16.9 Å². The lowest BCUT2D eigenvalue weighted by Crippen LogP contribution is -2.11. The van der Waals surface area contributed by atoms with Gasteiger partial charge in [0.1, 0.15) is 10.8 Å². The Morgan fingerprint density at radius 3 is 2.65 bits per heavy atom. The maximum absolute atomic E-state index is 7.56. The first-order valence-corrected chi connectivity index (χ1v) is 6.35. The van der Waals surface area contributed by atoms with Crippen molar-refractivity contribution in [2.75, 3.05) is 0 Å². The zero-order valence-corrected chi connectivity index (χ0v) is 10.8. The number of benzene rings is 1. The molecule has 88 valence electrons. The highest BCUT2D eigenvalue weighted by Crippen LogP contribution is 2.30. The van der Waals surface area contributed by atoms with Crippen molar-refractivity contribution in [3.8, 4) is 10.6 Å². The van der Waals surface area contributed by atoms with Crippen LogP contribution in [0.25, 0.3) is 10.6 Å². The number of aromatic nitrogens is 1. The van der Waals surface area contributed by atoms with Gasteiger partial charge in [0.2, 0.25) is 0 Å². The number of rotatable bonds is 3. The second-order valence-electron chi connectivity index (χ2n) is 3.88. The second-order valence-corrected chi connectivity index (χ2v) is 4.88. The summed E-state index contributed by atoms with van der Waals surface area (Å²) in [4.78, 5) is 5.38. The normalized spacial score (nSPS) is 10.5. The standard InChI is InChI=1S/C13H15N3S/c1-3-10-11(12(14)15)17-13(16-10)9-7-5-4-6-8(9)2/h4-7H,3H2,1-2H3,(H3,14,15).